The second-order valence-corrected chi connectivity index (χ2v) is 7.98. The summed E-state index contributed by atoms with van der Waals surface area (Å²) in [4.78, 5) is 0. The van der Waals surface area contributed by atoms with E-state index in [2.05, 4.69) is 55.2 Å². The molecule has 5 heteroatoms. The number of nitrogens with zero attached hydrogens (tertiary/aromatic N) is 2. The summed E-state index contributed by atoms with van der Waals surface area (Å²) >= 11 is 7.43. The molecule has 3 nitrogen and oxygen atoms in total. The molecule has 0 amide bonds. The second kappa shape index (κ2) is 6.99. The Morgan fingerprint density at radius 2 is 1.62 bits per heavy atom. The number of thioether (sulfide) groups is 1. The van der Waals surface area contributed by atoms with Crippen molar-refractivity contribution in [3.63, 3.8) is 0 Å². The van der Waals surface area contributed by atoms with Gasteiger partial charge in [-0.15, -0.1) is 10.2 Å². The van der Waals surface area contributed by atoms with Crippen LogP contribution in [0.4, 0.5) is 0 Å². The molecule has 3 aromatic rings. The molecule has 1 heterocycles. The average molecular weight is 359 g/mol. The quantitative estimate of drug-likeness (QED) is 0.538. The fourth-order valence-corrected chi connectivity index (χ4v) is 3.07. The van der Waals surface area contributed by atoms with Gasteiger partial charge >= 0.3 is 0 Å². The zero-order valence-electron chi connectivity index (χ0n) is 13.9. The minimum absolute atomic E-state index is 0.172. The minimum Gasteiger partial charge on any atom is -0.411 e. The van der Waals surface area contributed by atoms with E-state index in [1.165, 1.54) is 22.9 Å². The van der Waals surface area contributed by atoms with Crippen LogP contribution in [0.5, 0.6) is 0 Å². The van der Waals surface area contributed by atoms with Crippen LogP contribution in [0, 0.1) is 0 Å². The van der Waals surface area contributed by atoms with Gasteiger partial charge in [-0.25, -0.2) is 0 Å². The molecule has 0 unspecified atom stereocenters. The van der Waals surface area contributed by atoms with Gasteiger partial charge < -0.3 is 4.42 Å². The van der Waals surface area contributed by atoms with E-state index in [0.29, 0.717) is 16.1 Å². The molecule has 0 fully saturated rings. The van der Waals surface area contributed by atoms with Gasteiger partial charge in [0.2, 0.25) is 5.89 Å². The Labute approximate surface area is 151 Å². The molecule has 0 atom stereocenters. The van der Waals surface area contributed by atoms with Crippen LogP contribution in [0.15, 0.2) is 58.2 Å². The van der Waals surface area contributed by atoms with Crippen LogP contribution in [0.1, 0.15) is 31.9 Å². The molecule has 0 saturated carbocycles. The summed E-state index contributed by atoms with van der Waals surface area (Å²) in [7, 11) is 0. The number of hydrogen-bond acceptors (Lipinski definition) is 4. The fourth-order valence-electron chi connectivity index (χ4n) is 2.22. The lowest BCUT2D eigenvalue weighted by Gasteiger charge is -2.19. The molecule has 0 saturated heterocycles. The first-order valence-corrected chi connectivity index (χ1v) is 9.10. The smallest absolute Gasteiger partial charge is 0.277 e. The SMILES string of the molecule is CC(C)(C)c1ccc(CSc2nnc(-c3ccc(Cl)cc3)o2)cc1. The summed E-state index contributed by atoms with van der Waals surface area (Å²) in [5, 5.41) is 9.45. The summed E-state index contributed by atoms with van der Waals surface area (Å²) < 4.78 is 5.71. The molecule has 24 heavy (non-hydrogen) atoms. The van der Waals surface area contributed by atoms with Gasteiger partial charge in [-0.05, 0) is 40.8 Å². The highest BCUT2D eigenvalue weighted by Crippen LogP contribution is 2.28. The van der Waals surface area contributed by atoms with Gasteiger partial charge in [0, 0.05) is 16.3 Å². The summed E-state index contributed by atoms with van der Waals surface area (Å²) in [5.41, 5.74) is 3.61. The van der Waals surface area contributed by atoms with Crippen molar-refractivity contribution in [3.05, 3.63) is 64.7 Å². The Kier molecular flexibility index (Phi) is 4.97. The summed E-state index contributed by atoms with van der Waals surface area (Å²) in [5.74, 6) is 1.31. The Hall–Kier alpha value is -1.78. The maximum atomic E-state index is 5.89. The first-order chi connectivity index (χ1) is 11.4. The van der Waals surface area contributed by atoms with E-state index in [4.69, 9.17) is 16.0 Å². The molecule has 0 N–H and O–H groups in total. The standard InChI is InChI=1S/C19H19ClN2OS/c1-19(2,3)15-8-4-13(5-9-15)12-24-18-22-21-17(23-18)14-6-10-16(20)11-7-14/h4-11H,12H2,1-3H3. The van der Waals surface area contributed by atoms with Crippen molar-refractivity contribution in [3.8, 4) is 11.5 Å². The molecule has 0 bridgehead atoms. The number of aromatic nitrogens is 2. The Morgan fingerprint density at radius 3 is 2.25 bits per heavy atom. The van der Waals surface area contributed by atoms with Crippen LogP contribution in [-0.2, 0) is 11.2 Å². The van der Waals surface area contributed by atoms with Gasteiger partial charge in [0.15, 0.2) is 0 Å². The molecule has 0 spiro atoms. The van der Waals surface area contributed by atoms with E-state index >= 15 is 0 Å². The Morgan fingerprint density at radius 1 is 0.958 bits per heavy atom. The van der Waals surface area contributed by atoms with Crippen LogP contribution in [-0.4, -0.2) is 10.2 Å². The van der Waals surface area contributed by atoms with Crippen LogP contribution >= 0.6 is 23.4 Å². The van der Waals surface area contributed by atoms with Gasteiger partial charge in [-0.2, -0.15) is 0 Å². The molecular weight excluding hydrogens is 340 g/mol. The first-order valence-electron chi connectivity index (χ1n) is 7.73. The van der Waals surface area contributed by atoms with Crippen LogP contribution in [0.2, 0.25) is 5.02 Å². The summed E-state index contributed by atoms with van der Waals surface area (Å²) in [6, 6.07) is 16.0. The van der Waals surface area contributed by atoms with Crippen molar-refractivity contribution in [1.29, 1.82) is 0 Å². The molecule has 1 aromatic heterocycles. The predicted molar refractivity (Wildman–Crippen MR) is 99.4 cm³/mol. The highest BCUT2D eigenvalue weighted by atomic mass is 35.5. The first kappa shape index (κ1) is 17.1. The number of rotatable bonds is 4. The van der Waals surface area contributed by atoms with E-state index in [9.17, 15) is 0 Å². The molecule has 0 radical (unpaired) electrons. The third-order valence-electron chi connectivity index (χ3n) is 3.68. The van der Waals surface area contributed by atoms with Crippen molar-refractivity contribution in [2.24, 2.45) is 0 Å². The maximum Gasteiger partial charge on any atom is 0.277 e. The van der Waals surface area contributed by atoms with Crippen LogP contribution in [0.3, 0.4) is 0 Å². The predicted octanol–water partition coefficient (Wildman–Crippen LogP) is 5.98. The number of halogens is 1. The fraction of sp³-hybridized carbons (Fsp3) is 0.263. The van der Waals surface area contributed by atoms with Crippen molar-refractivity contribution in [2.75, 3.05) is 0 Å². The summed E-state index contributed by atoms with van der Waals surface area (Å²) in [6.07, 6.45) is 0. The lowest BCUT2D eigenvalue weighted by molar-refractivity contribution is 0.466. The van der Waals surface area contributed by atoms with Crippen LogP contribution in [0.25, 0.3) is 11.5 Å². The van der Waals surface area contributed by atoms with E-state index in [1.54, 1.807) is 0 Å². The summed E-state index contributed by atoms with van der Waals surface area (Å²) in [6.45, 7) is 6.65. The largest absolute Gasteiger partial charge is 0.411 e. The van der Waals surface area contributed by atoms with Gasteiger partial charge in [0.1, 0.15) is 0 Å². The van der Waals surface area contributed by atoms with Gasteiger partial charge in [0.05, 0.1) is 0 Å². The van der Waals surface area contributed by atoms with Gasteiger partial charge in [0.25, 0.3) is 5.22 Å². The van der Waals surface area contributed by atoms with Crippen molar-refractivity contribution in [2.45, 2.75) is 37.2 Å². The molecule has 0 aliphatic carbocycles. The zero-order chi connectivity index (χ0) is 17.2. The topological polar surface area (TPSA) is 38.9 Å². The number of hydrogen-bond donors (Lipinski definition) is 0. The van der Waals surface area contributed by atoms with E-state index < -0.39 is 0 Å². The highest BCUT2D eigenvalue weighted by Gasteiger charge is 2.13. The van der Waals surface area contributed by atoms with E-state index in [0.717, 1.165) is 11.3 Å². The molecular formula is C19H19ClN2OS. The molecule has 0 aliphatic rings. The zero-order valence-corrected chi connectivity index (χ0v) is 15.5. The molecule has 2 aromatic carbocycles. The Bertz CT molecular complexity index is 805. The monoisotopic (exact) mass is 358 g/mol. The second-order valence-electron chi connectivity index (χ2n) is 6.62. The highest BCUT2D eigenvalue weighted by molar-refractivity contribution is 7.98. The van der Waals surface area contributed by atoms with Crippen LogP contribution < -0.4 is 0 Å². The Balaban J connectivity index is 1.64. The minimum atomic E-state index is 0.172. The average Bonchev–Trinajstić information content (AvgIpc) is 3.02. The van der Waals surface area contributed by atoms with Crippen molar-refractivity contribution < 1.29 is 4.42 Å². The van der Waals surface area contributed by atoms with Crippen molar-refractivity contribution in [1.82, 2.24) is 10.2 Å². The normalized spacial score (nSPS) is 11.7. The third kappa shape index (κ3) is 4.19. The molecule has 0 aliphatic heterocycles. The lowest BCUT2D eigenvalue weighted by Crippen LogP contribution is -2.10. The van der Waals surface area contributed by atoms with E-state index in [1.807, 2.05) is 24.3 Å². The maximum absolute atomic E-state index is 5.89. The van der Waals surface area contributed by atoms with E-state index in [-0.39, 0.29) is 5.41 Å². The number of benzene rings is 2. The lowest BCUT2D eigenvalue weighted by atomic mass is 9.87. The third-order valence-corrected chi connectivity index (χ3v) is 4.82. The van der Waals surface area contributed by atoms with Gasteiger partial charge in [-0.3, -0.25) is 0 Å². The van der Waals surface area contributed by atoms with Gasteiger partial charge in [-0.1, -0.05) is 68.4 Å². The van der Waals surface area contributed by atoms with Crippen molar-refractivity contribution >= 4 is 23.4 Å². The molecule has 3 rings (SSSR count). The molecule has 124 valence electrons.